The van der Waals surface area contributed by atoms with Gasteiger partial charge in [-0.15, -0.1) is 0 Å². The predicted molar refractivity (Wildman–Crippen MR) is 129 cm³/mol. The summed E-state index contributed by atoms with van der Waals surface area (Å²) in [6.45, 7) is 7.15. The molecule has 0 bridgehead atoms. The molecule has 0 radical (unpaired) electrons. The lowest BCUT2D eigenvalue weighted by atomic mass is 10.0. The van der Waals surface area contributed by atoms with Crippen LogP contribution in [0.3, 0.4) is 0 Å². The highest BCUT2D eigenvalue weighted by Gasteiger charge is 2.33. The minimum Gasteiger partial charge on any atom is -0.495 e. The van der Waals surface area contributed by atoms with Gasteiger partial charge in [0.05, 0.1) is 32.6 Å². The molecule has 4 rings (SSSR count). The van der Waals surface area contributed by atoms with Crippen LogP contribution in [0.5, 0.6) is 11.5 Å². The van der Waals surface area contributed by atoms with Crippen LogP contribution in [0.25, 0.3) is 5.57 Å². The molecule has 2 aromatic carbocycles. The molecule has 0 saturated carbocycles. The second-order valence-corrected chi connectivity index (χ2v) is 8.41. The molecule has 4 N–H and O–H groups in total. The number of aliphatic hydroxyl groups is 1. The van der Waals surface area contributed by atoms with Gasteiger partial charge in [-0.25, -0.2) is 4.39 Å². The Bertz CT molecular complexity index is 1020. The number of rotatable bonds is 8. The molecule has 0 aromatic heterocycles. The topological polar surface area (TPSA) is 87.2 Å². The molecule has 9 heteroatoms. The molecule has 2 atom stereocenters. The van der Waals surface area contributed by atoms with Crippen LogP contribution in [-0.2, 0) is 10.5 Å². The Balaban J connectivity index is 1.44. The minimum absolute atomic E-state index is 0.241. The van der Waals surface area contributed by atoms with E-state index in [0.29, 0.717) is 45.2 Å². The Morgan fingerprint density at radius 1 is 1.21 bits per heavy atom. The van der Waals surface area contributed by atoms with Crippen molar-refractivity contribution in [1.82, 2.24) is 15.5 Å². The molecule has 2 aromatic rings. The van der Waals surface area contributed by atoms with Crippen molar-refractivity contribution < 1.29 is 23.7 Å². The van der Waals surface area contributed by atoms with Crippen LogP contribution in [0.4, 0.5) is 10.1 Å². The molecular formula is C25H33FN4O4. The van der Waals surface area contributed by atoms with E-state index in [2.05, 4.69) is 16.0 Å². The highest BCUT2D eigenvalue weighted by Crippen LogP contribution is 2.33. The van der Waals surface area contributed by atoms with Crippen molar-refractivity contribution in [3.05, 3.63) is 59.5 Å². The lowest BCUT2D eigenvalue weighted by Crippen LogP contribution is -2.50. The van der Waals surface area contributed by atoms with Gasteiger partial charge in [0.2, 0.25) is 0 Å². The van der Waals surface area contributed by atoms with E-state index in [1.165, 1.54) is 6.07 Å². The van der Waals surface area contributed by atoms with Gasteiger partial charge in [-0.3, -0.25) is 10.2 Å². The quantitative estimate of drug-likeness (QED) is 0.467. The van der Waals surface area contributed by atoms with Crippen molar-refractivity contribution in [2.75, 3.05) is 51.9 Å². The van der Waals surface area contributed by atoms with Crippen LogP contribution in [0.15, 0.2) is 42.6 Å². The van der Waals surface area contributed by atoms with Crippen molar-refractivity contribution in [3.8, 4) is 11.5 Å². The molecule has 8 nitrogen and oxygen atoms in total. The molecule has 2 heterocycles. The van der Waals surface area contributed by atoms with E-state index >= 15 is 0 Å². The summed E-state index contributed by atoms with van der Waals surface area (Å²) in [5, 5.41) is 21.2. The van der Waals surface area contributed by atoms with Gasteiger partial charge in [-0.2, -0.15) is 0 Å². The number of benzene rings is 2. The first-order chi connectivity index (χ1) is 16.4. The van der Waals surface area contributed by atoms with Gasteiger partial charge in [0.1, 0.15) is 11.5 Å². The van der Waals surface area contributed by atoms with Gasteiger partial charge in [0.15, 0.2) is 17.9 Å². The molecule has 1 saturated heterocycles. The Labute approximate surface area is 199 Å². The second-order valence-electron chi connectivity index (χ2n) is 8.41. The Kier molecular flexibility index (Phi) is 7.57. The number of hydrogen-bond acceptors (Lipinski definition) is 8. The normalized spacial score (nSPS) is 20.6. The maximum absolute atomic E-state index is 13.9. The summed E-state index contributed by atoms with van der Waals surface area (Å²) in [4.78, 5) is 2.00. The number of morpholine rings is 1. The third-order valence-corrected chi connectivity index (χ3v) is 6.20. The minimum atomic E-state index is -1.12. The summed E-state index contributed by atoms with van der Waals surface area (Å²) in [6.07, 6.45) is 1.66. The van der Waals surface area contributed by atoms with E-state index < -0.39 is 5.72 Å². The zero-order valence-electron chi connectivity index (χ0n) is 19.9. The maximum Gasteiger partial charge on any atom is 0.165 e. The number of methoxy groups -OCH3 is 1. The lowest BCUT2D eigenvalue weighted by Gasteiger charge is -2.39. The molecule has 0 aliphatic carbocycles. The van der Waals surface area contributed by atoms with Crippen molar-refractivity contribution in [2.24, 2.45) is 0 Å². The fourth-order valence-electron chi connectivity index (χ4n) is 4.20. The smallest absolute Gasteiger partial charge is 0.165 e. The Morgan fingerprint density at radius 2 is 2.00 bits per heavy atom. The summed E-state index contributed by atoms with van der Waals surface area (Å²) >= 11 is 0. The summed E-state index contributed by atoms with van der Waals surface area (Å²) in [5.74, 6) is 0.508. The third kappa shape index (κ3) is 5.28. The van der Waals surface area contributed by atoms with Gasteiger partial charge in [-0.05, 0) is 49.2 Å². The molecule has 2 aliphatic heterocycles. The lowest BCUT2D eigenvalue weighted by molar-refractivity contribution is -0.135. The molecule has 0 amide bonds. The van der Waals surface area contributed by atoms with E-state index in [0.717, 1.165) is 22.4 Å². The van der Waals surface area contributed by atoms with E-state index in [-0.39, 0.29) is 17.9 Å². The largest absolute Gasteiger partial charge is 0.495 e. The molecule has 0 spiro atoms. The van der Waals surface area contributed by atoms with Gasteiger partial charge < -0.3 is 30.0 Å². The highest BCUT2D eigenvalue weighted by atomic mass is 19.1. The van der Waals surface area contributed by atoms with E-state index in [1.807, 2.05) is 36.2 Å². The molecular weight excluding hydrogens is 439 g/mol. The van der Waals surface area contributed by atoms with Gasteiger partial charge in [-0.1, -0.05) is 12.1 Å². The van der Waals surface area contributed by atoms with Crippen molar-refractivity contribution >= 4 is 11.3 Å². The standard InChI is InChI=1S/C25H33FN4O4/c1-4-34-22-13-17(5-7-20(22)26)18-15-27-24(28-16-18)29-21-8-6-19(14-23(21)32-3)25(2,31)30-9-11-33-12-10-30/h5-8,13-15,24,27-29,31H,4,9-12,16H2,1-3H3. The zero-order chi connectivity index (χ0) is 24.1. The summed E-state index contributed by atoms with van der Waals surface area (Å²) in [7, 11) is 1.61. The summed E-state index contributed by atoms with van der Waals surface area (Å²) < 4.78 is 30.3. The molecule has 34 heavy (non-hydrogen) atoms. The van der Waals surface area contributed by atoms with E-state index in [4.69, 9.17) is 14.2 Å². The monoisotopic (exact) mass is 472 g/mol. The van der Waals surface area contributed by atoms with Crippen molar-refractivity contribution in [3.63, 3.8) is 0 Å². The molecule has 184 valence electrons. The third-order valence-electron chi connectivity index (χ3n) is 6.20. The number of anilines is 1. The Hall–Kier alpha value is -2.85. The molecule has 1 fully saturated rings. The SMILES string of the molecule is CCOc1cc(C2=CNC(Nc3ccc(C(C)(O)N4CCOCC4)cc3OC)NC2)ccc1F. The molecule has 2 unspecified atom stereocenters. The highest BCUT2D eigenvalue weighted by molar-refractivity contribution is 5.69. The number of hydrogen-bond donors (Lipinski definition) is 4. The van der Waals surface area contributed by atoms with Crippen LogP contribution in [0, 0.1) is 5.82 Å². The Morgan fingerprint density at radius 3 is 2.68 bits per heavy atom. The van der Waals surface area contributed by atoms with Crippen LogP contribution < -0.4 is 25.4 Å². The summed E-state index contributed by atoms with van der Waals surface area (Å²) in [5.41, 5.74) is 2.29. The van der Waals surface area contributed by atoms with Gasteiger partial charge in [0, 0.05) is 31.4 Å². The van der Waals surface area contributed by atoms with Crippen LogP contribution in [0.2, 0.25) is 0 Å². The predicted octanol–water partition coefficient (Wildman–Crippen LogP) is 2.66. The van der Waals surface area contributed by atoms with Crippen LogP contribution in [0.1, 0.15) is 25.0 Å². The maximum atomic E-state index is 13.9. The number of nitrogens with zero attached hydrogens (tertiary/aromatic N) is 1. The zero-order valence-corrected chi connectivity index (χ0v) is 19.9. The second kappa shape index (κ2) is 10.6. The molecule has 2 aliphatic rings. The number of nitrogens with one attached hydrogen (secondary N) is 3. The fraction of sp³-hybridized carbons (Fsp3) is 0.440. The average molecular weight is 473 g/mol. The van der Waals surface area contributed by atoms with Gasteiger partial charge in [0.25, 0.3) is 0 Å². The fourth-order valence-corrected chi connectivity index (χ4v) is 4.20. The number of ether oxygens (including phenoxy) is 3. The van der Waals surface area contributed by atoms with Crippen LogP contribution >= 0.6 is 0 Å². The first-order valence-electron chi connectivity index (χ1n) is 11.5. The van der Waals surface area contributed by atoms with Crippen LogP contribution in [-0.4, -0.2) is 62.9 Å². The van der Waals surface area contributed by atoms with E-state index in [9.17, 15) is 9.50 Å². The van der Waals surface area contributed by atoms with Gasteiger partial charge >= 0.3 is 0 Å². The van der Waals surface area contributed by atoms with E-state index in [1.54, 1.807) is 26.2 Å². The average Bonchev–Trinajstić information content (AvgIpc) is 2.86. The first-order valence-corrected chi connectivity index (χ1v) is 11.5. The van der Waals surface area contributed by atoms with Crippen molar-refractivity contribution in [2.45, 2.75) is 25.9 Å². The van der Waals surface area contributed by atoms with Crippen molar-refractivity contribution in [1.29, 1.82) is 0 Å². The first kappa shape index (κ1) is 24.3. The summed E-state index contributed by atoms with van der Waals surface area (Å²) in [6, 6.07) is 10.5. The number of halogens is 1.